The smallest absolute Gasteiger partial charge is 0.264 e. The van der Waals surface area contributed by atoms with Crippen molar-refractivity contribution in [2.75, 3.05) is 31.0 Å². The third kappa shape index (κ3) is 4.24. The highest BCUT2D eigenvalue weighted by atomic mass is 32.2. The summed E-state index contributed by atoms with van der Waals surface area (Å²) in [5, 5.41) is 3.03. The molecule has 0 spiro atoms. The lowest BCUT2D eigenvalue weighted by atomic mass is 9.96. The maximum absolute atomic E-state index is 13.5. The van der Waals surface area contributed by atoms with E-state index in [-0.39, 0.29) is 34.2 Å². The van der Waals surface area contributed by atoms with Gasteiger partial charge in [0.1, 0.15) is 5.75 Å². The van der Waals surface area contributed by atoms with Crippen molar-refractivity contribution < 1.29 is 22.7 Å². The number of anilines is 1. The molecule has 1 unspecified atom stereocenters. The van der Waals surface area contributed by atoms with Crippen LogP contribution >= 0.6 is 0 Å². The number of amides is 2. The molecule has 9 heteroatoms. The molecule has 0 bridgehead atoms. The van der Waals surface area contributed by atoms with Gasteiger partial charge in [0, 0.05) is 25.7 Å². The third-order valence-electron chi connectivity index (χ3n) is 6.84. The second-order valence-electron chi connectivity index (χ2n) is 9.19. The third-order valence-corrected chi connectivity index (χ3v) is 8.65. The summed E-state index contributed by atoms with van der Waals surface area (Å²) in [6, 6.07) is 12.1. The van der Waals surface area contributed by atoms with E-state index < -0.39 is 10.0 Å². The molecule has 2 aromatic rings. The number of likely N-dealkylation sites (tertiary alicyclic amines) is 1. The second-order valence-corrected chi connectivity index (χ2v) is 11.1. The van der Waals surface area contributed by atoms with Crippen LogP contribution in [0.5, 0.6) is 5.75 Å². The Bertz CT molecular complexity index is 1220. The summed E-state index contributed by atoms with van der Waals surface area (Å²) in [4.78, 5) is 27.7. The predicted octanol–water partition coefficient (Wildman–Crippen LogP) is 2.58. The number of fused-ring (bicyclic) bond motifs is 1. The molecule has 3 aliphatic rings. The SMILES string of the molecule is COc1ccc(S(=O)(=O)N2CCc3ccccc32)cc1C(=O)N1CCCC(C(=O)NC2CC2)C1. The van der Waals surface area contributed by atoms with Gasteiger partial charge < -0.3 is 15.0 Å². The molecule has 34 heavy (non-hydrogen) atoms. The van der Waals surface area contributed by atoms with Crippen LogP contribution in [0.1, 0.15) is 41.6 Å². The van der Waals surface area contributed by atoms with Gasteiger partial charge in [-0.15, -0.1) is 0 Å². The molecule has 1 aliphatic carbocycles. The molecular formula is C25H29N3O5S. The monoisotopic (exact) mass is 483 g/mol. The van der Waals surface area contributed by atoms with Crippen LogP contribution < -0.4 is 14.4 Å². The van der Waals surface area contributed by atoms with Gasteiger partial charge >= 0.3 is 0 Å². The van der Waals surface area contributed by atoms with E-state index in [4.69, 9.17) is 4.74 Å². The highest BCUT2D eigenvalue weighted by Crippen LogP contribution is 2.34. The number of hydrogen-bond acceptors (Lipinski definition) is 5. The number of sulfonamides is 1. The van der Waals surface area contributed by atoms with E-state index in [1.807, 2.05) is 18.2 Å². The summed E-state index contributed by atoms with van der Waals surface area (Å²) in [6.45, 7) is 1.20. The van der Waals surface area contributed by atoms with Crippen LogP contribution in [0, 0.1) is 5.92 Å². The number of nitrogens with zero attached hydrogens (tertiary/aromatic N) is 2. The van der Waals surface area contributed by atoms with Crippen molar-refractivity contribution >= 4 is 27.5 Å². The number of para-hydroxylation sites is 1. The maximum atomic E-state index is 13.5. The standard InChI is InChI=1S/C25H29N3O5S/c1-33-23-11-10-20(34(31,32)28-14-12-17-5-2-3-7-22(17)28)15-21(23)25(30)27-13-4-6-18(16-27)24(29)26-19-8-9-19/h2-3,5,7,10-11,15,18-19H,4,6,8-9,12-14,16H2,1H3,(H,26,29). The first kappa shape index (κ1) is 22.7. The Kier molecular flexibility index (Phi) is 5.97. The Morgan fingerprint density at radius 1 is 1.06 bits per heavy atom. The van der Waals surface area contributed by atoms with E-state index in [0.29, 0.717) is 37.5 Å². The molecule has 8 nitrogen and oxygen atoms in total. The van der Waals surface area contributed by atoms with Crippen molar-refractivity contribution in [3.63, 3.8) is 0 Å². The van der Waals surface area contributed by atoms with Crippen molar-refractivity contribution in [3.8, 4) is 5.75 Å². The number of rotatable bonds is 6. The lowest BCUT2D eigenvalue weighted by Gasteiger charge is -2.32. The number of ether oxygens (including phenoxy) is 1. The summed E-state index contributed by atoms with van der Waals surface area (Å²) < 4.78 is 33.8. The fraction of sp³-hybridized carbons (Fsp3) is 0.440. The van der Waals surface area contributed by atoms with E-state index in [2.05, 4.69) is 5.32 Å². The number of carbonyl (C=O) groups excluding carboxylic acids is 2. The number of piperidine rings is 1. The molecule has 1 saturated heterocycles. The summed E-state index contributed by atoms with van der Waals surface area (Å²) in [7, 11) is -2.39. The zero-order chi connectivity index (χ0) is 23.9. The zero-order valence-corrected chi connectivity index (χ0v) is 20.0. The molecular weight excluding hydrogens is 454 g/mol. The number of nitrogens with one attached hydrogen (secondary N) is 1. The van der Waals surface area contributed by atoms with Gasteiger partial charge in [-0.2, -0.15) is 0 Å². The van der Waals surface area contributed by atoms with Gasteiger partial charge in [0.25, 0.3) is 15.9 Å². The van der Waals surface area contributed by atoms with E-state index in [1.54, 1.807) is 11.0 Å². The molecule has 2 heterocycles. The van der Waals surface area contributed by atoms with E-state index in [1.165, 1.54) is 29.6 Å². The van der Waals surface area contributed by atoms with Gasteiger partial charge in [0.15, 0.2) is 0 Å². The summed E-state index contributed by atoms with van der Waals surface area (Å²) in [5.74, 6) is -0.261. The second kappa shape index (κ2) is 8.94. The summed E-state index contributed by atoms with van der Waals surface area (Å²) in [5.41, 5.74) is 1.85. The maximum Gasteiger partial charge on any atom is 0.264 e. The van der Waals surface area contributed by atoms with Gasteiger partial charge in [0.05, 0.1) is 29.2 Å². The number of benzene rings is 2. The van der Waals surface area contributed by atoms with Gasteiger partial charge in [-0.25, -0.2) is 8.42 Å². The first-order chi connectivity index (χ1) is 16.4. The van der Waals surface area contributed by atoms with Crippen molar-refractivity contribution in [2.45, 2.75) is 43.0 Å². The first-order valence-electron chi connectivity index (χ1n) is 11.8. The Hall–Kier alpha value is -3.07. The lowest BCUT2D eigenvalue weighted by molar-refractivity contribution is -0.126. The Morgan fingerprint density at radius 3 is 2.62 bits per heavy atom. The summed E-state index contributed by atoms with van der Waals surface area (Å²) in [6.07, 6.45) is 4.14. The fourth-order valence-electron chi connectivity index (χ4n) is 4.79. The van der Waals surface area contributed by atoms with Crippen LogP contribution in [0.2, 0.25) is 0 Å². The lowest BCUT2D eigenvalue weighted by Crippen LogP contribution is -2.46. The summed E-state index contributed by atoms with van der Waals surface area (Å²) >= 11 is 0. The fourth-order valence-corrected chi connectivity index (χ4v) is 6.32. The van der Waals surface area contributed by atoms with E-state index >= 15 is 0 Å². The molecule has 0 radical (unpaired) electrons. The molecule has 2 aromatic carbocycles. The Labute approximate surface area is 199 Å². The molecule has 2 amide bonds. The van der Waals surface area contributed by atoms with E-state index in [0.717, 1.165) is 31.2 Å². The van der Waals surface area contributed by atoms with Crippen LogP contribution in [0.4, 0.5) is 5.69 Å². The highest BCUT2D eigenvalue weighted by Gasteiger charge is 2.35. The Morgan fingerprint density at radius 2 is 1.85 bits per heavy atom. The Balaban J connectivity index is 1.41. The minimum Gasteiger partial charge on any atom is -0.496 e. The first-order valence-corrected chi connectivity index (χ1v) is 13.2. The van der Waals surface area contributed by atoms with Gasteiger partial charge in [-0.3, -0.25) is 13.9 Å². The quantitative estimate of drug-likeness (QED) is 0.681. The molecule has 2 aliphatic heterocycles. The van der Waals surface area contributed by atoms with Crippen LogP contribution in [-0.2, 0) is 21.2 Å². The average molecular weight is 484 g/mol. The van der Waals surface area contributed by atoms with Crippen molar-refractivity contribution in [3.05, 3.63) is 53.6 Å². The van der Waals surface area contributed by atoms with E-state index in [9.17, 15) is 18.0 Å². The number of methoxy groups -OCH3 is 1. The molecule has 1 N–H and O–H groups in total. The minimum absolute atomic E-state index is 0.00371. The largest absolute Gasteiger partial charge is 0.496 e. The van der Waals surface area contributed by atoms with Crippen molar-refractivity contribution in [1.82, 2.24) is 10.2 Å². The molecule has 0 aromatic heterocycles. The average Bonchev–Trinajstić information content (AvgIpc) is 3.57. The van der Waals surface area contributed by atoms with Crippen LogP contribution in [0.15, 0.2) is 47.4 Å². The van der Waals surface area contributed by atoms with Crippen molar-refractivity contribution in [2.24, 2.45) is 5.92 Å². The zero-order valence-electron chi connectivity index (χ0n) is 19.2. The van der Waals surface area contributed by atoms with Gasteiger partial charge in [-0.05, 0) is 61.9 Å². The molecule has 180 valence electrons. The number of hydrogen-bond donors (Lipinski definition) is 1. The van der Waals surface area contributed by atoms with Crippen molar-refractivity contribution in [1.29, 1.82) is 0 Å². The molecule has 2 fully saturated rings. The molecule has 1 atom stereocenters. The van der Waals surface area contributed by atoms with Crippen LogP contribution in [0.3, 0.4) is 0 Å². The predicted molar refractivity (Wildman–Crippen MR) is 127 cm³/mol. The van der Waals surface area contributed by atoms with Crippen LogP contribution in [0.25, 0.3) is 0 Å². The van der Waals surface area contributed by atoms with Gasteiger partial charge in [0.2, 0.25) is 5.91 Å². The highest BCUT2D eigenvalue weighted by molar-refractivity contribution is 7.92. The topological polar surface area (TPSA) is 96.0 Å². The number of carbonyl (C=O) groups is 2. The minimum atomic E-state index is -3.85. The van der Waals surface area contributed by atoms with Crippen LogP contribution in [-0.4, -0.2) is 57.9 Å². The van der Waals surface area contributed by atoms with Gasteiger partial charge in [-0.1, -0.05) is 18.2 Å². The normalized spacial score (nSPS) is 20.1. The molecule has 1 saturated carbocycles. The molecule has 5 rings (SSSR count).